The van der Waals surface area contributed by atoms with Crippen LogP contribution in [0.1, 0.15) is 37.8 Å². The second-order valence-electron chi connectivity index (χ2n) is 4.36. The van der Waals surface area contributed by atoms with Crippen molar-refractivity contribution in [1.82, 2.24) is 5.32 Å². The fourth-order valence-corrected chi connectivity index (χ4v) is 1.99. The first kappa shape index (κ1) is 12.7. The van der Waals surface area contributed by atoms with E-state index in [1.54, 1.807) is 0 Å². The summed E-state index contributed by atoms with van der Waals surface area (Å²) in [5.74, 6) is 0.850. The van der Waals surface area contributed by atoms with Gasteiger partial charge in [0.2, 0.25) is 0 Å². The van der Waals surface area contributed by atoms with E-state index >= 15 is 0 Å². The molecule has 1 aliphatic heterocycles. The molecule has 0 saturated carbocycles. The molecule has 1 aliphatic rings. The SMILES string of the molecule is CCCCOC(=O)NC1CCOc2ccccc21. The van der Waals surface area contributed by atoms with Crippen molar-refractivity contribution in [2.75, 3.05) is 13.2 Å². The second-order valence-corrected chi connectivity index (χ2v) is 4.36. The molecule has 2 rings (SSSR count). The van der Waals surface area contributed by atoms with Crippen LogP contribution in [0.4, 0.5) is 4.79 Å². The fourth-order valence-electron chi connectivity index (χ4n) is 1.99. The number of benzene rings is 1. The van der Waals surface area contributed by atoms with Gasteiger partial charge in [0, 0.05) is 12.0 Å². The fraction of sp³-hybridized carbons (Fsp3) is 0.500. The van der Waals surface area contributed by atoms with Crippen molar-refractivity contribution in [2.45, 2.75) is 32.2 Å². The summed E-state index contributed by atoms with van der Waals surface area (Å²) < 4.78 is 10.7. The number of hydrogen-bond acceptors (Lipinski definition) is 3. The minimum Gasteiger partial charge on any atom is -0.493 e. The molecule has 18 heavy (non-hydrogen) atoms. The second kappa shape index (κ2) is 6.28. The summed E-state index contributed by atoms with van der Waals surface area (Å²) in [6, 6.07) is 7.77. The summed E-state index contributed by atoms with van der Waals surface area (Å²) in [5.41, 5.74) is 1.02. The van der Waals surface area contributed by atoms with Gasteiger partial charge in [0.1, 0.15) is 5.75 Å². The van der Waals surface area contributed by atoms with Gasteiger partial charge >= 0.3 is 6.09 Å². The first-order chi connectivity index (χ1) is 8.81. The van der Waals surface area contributed by atoms with Crippen LogP contribution in [-0.2, 0) is 4.74 Å². The van der Waals surface area contributed by atoms with Gasteiger partial charge in [0.05, 0.1) is 19.3 Å². The lowest BCUT2D eigenvalue weighted by atomic mass is 10.0. The molecule has 4 nitrogen and oxygen atoms in total. The zero-order valence-electron chi connectivity index (χ0n) is 10.6. The van der Waals surface area contributed by atoms with Gasteiger partial charge in [-0.1, -0.05) is 31.5 Å². The van der Waals surface area contributed by atoms with Gasteiger partial charge in [0.15, 0.2) is 0 Å². The maximum Gasteiger partial charge on any atom is 0.407 e. The van der Waals surface area contributed by atoms with Crippen LogP contribution in [0, 0.1) is 0 Å². The molecule has 1 atom stereocenters. The van der Waals surface area contributed by atoms with E-state index in [-0.39, 0.29) is 12.1 Å². The van der Waals surface area contributed by atoms with E-state index in [0.717, 1.165) is 30.6 Å². The lowest BCUT2D eigenvalue weighted by molar-refractivity contribution is 0.136. The van der Waals surface area contributed by atoms with Crippen LogP contribution in [-0.4, -0.2) is 19.3 Å². The van der Waals surface area contributed by atoms with E-state index in [2.05, 4.69) is 12.2 Å². The molecule has 1 heterocycles. The van der Waals surface area contributed by atoms with Crippen molar-refractivity contribution in [3.63, 3.8) is 0 Å². The highest BCUT2D eigenvalue weighted by molar-refractivity contribution is 5.68. The molecule has 0 aromatic heterocycles. The molecule has 0 radical (unpaired) electrons. The molecule has 1 amide bonds. The van der Waals surface area contributed by atoms with Crippen LogP contribution in [0.15, 0.2) is 24.3 Å². The highest BCUT2D eigenvalue weighted by Crippen LogP contribution is 2.31. The Kier molecular flexibility index (Phi) is 4.45. The first-order valence-electron chi connectivity index (χ1n) is 6.46. The summed E-state index contributed by atoms with van der Waals surface area (Å²) in [6.45, 7) is 3.17. The molecule has 0 saturated heterocycles. The number of nitrogens with one attached hydrogen (secondary N) is 1. The standard InChI is InChI=1S/C14H19NO3/c1-2-3-9-18-14(16)15-12-8-10-17-13-7-5-4-6-11(12)13/h4-7,12H,2-3,8-10H2,1H3,(H,15,16). The lowest BCUT2D eigenvalue weighted by Crippen LogP contribution is -2.32. The van der Waals surface area contributed by atoms with Crippen LogP contribution in [0.2, 0.25) is 0 Å². The number of amides is 1. The molecule has 1 aromatic rings. The van der Waals surface area contributed by atoms with Crippen LogP contribution >= 0.6 is 0 Å². The molecule has 1 unspecified atom stereocenters. The Morgan fingerprint density at radius 3 is 3.17 bits per heavy atom. The monoisotopic (exact) mass is 249 g/mol. The quantitative estimate of drug-likeness (QED) is 0.834. The Hall–Kier alpha value is -1.71. The molecule has 1 aromatic carbocycles. The summed E-state index contributed by atoms with van der Waals surface area (Å²) in [6.07, 6.45) is 2.36. The minimum absolute atomic E-state index is 0.0101. The highest BCUT2D eigenvalue weighted by Gasteiger charge is 2.22. The number of ether oxygens (including phenoxy) is 2. The zero-order chi connectivity index (χ0) is 12.8. The number of alkyl carbamates (subject to hydrolysis) is 1. The van der Waals surface area contributed by atoms with Crippen molar-refractivity contribution >= 4 is 6.09 Å². The Bertz CT molecular complexity index is 406. The summed E-state index contributed by atoms with van der Waals surface area (Å²) in [5, 5.41) is 2.89. The number of unbranched alkanes of at least 4 members (excludes halogenated alkanes) is 1. The molecule has 0 fully saturated rings. The molecular weight excluding hydrogens is 230 g/mol. The van der Waals surface area contributed by atoms with E-state index < -0.39 is 0 Å². The van der Waals surface area contributed by atoms with Gasteiger partial charge in [-0.15, -0.1) is 0 Å². The Morgan fingerprint density at radius 1 is 1.50 bits per heavy atom. The molecule has 98 valence electrons. The van der Waals surface area contributed by atoms with Crippen LogP contribution in [0.5, 0.6) is 5.75 Å². The summed E-state index contributed by atoms with van der Waals surface area (Å²) in [4.78, 5) is 11.6. The van der Waals surface area contributed by atoms with Crippen LogP contribution in [0.3, 0.4) is 0 Å². The van der Waals surface area contributed by atoms with Gasteiger partial charge in [-0.25, -0.2) is 4.79 Å². The molecular formula is C14H19NO3. The number of para-hydroxylation sites is 1. The van der Waals surface area contributed by atoms with E-state index in [1.165, 1.54) is 0 Å². The average molecular weight is 249 g/mol. The van der Waals surface area contributed by atoms with Crippen molar-refractivity contribution in [1.29, 1.82) is 0 Å². The number of carbonyl (C=O) groups is 1. The normalized spacial score (nSPS) is 17.5. The van der Waals surface area contributed by atoms with Crippen LogP contribution in [0.25, 0.3) is 0 Å². The maximum absolute atomic E-state index is 11.6. The number of hydrogen-bond donors (Lipinski definition) is 1. The van der Waals surface area contributed by atoms with Crippen LogP contribution < -0.4 is 10.1 Å². The van der Waals surface area contributed by atoms with Crippen molar-refractivity contribution in [3.05, 3.63) is 29.8 Å². The van der Waals surface area contributed by atoms with Crippen molar-refractivity contribution < 1.29 is 14.3 Å². The Balaban J connectivity index is 1.92. The van der Waals surface area contributed by atoms with E-state index in [4.69, 9.17) is 9.47 Å². The van der Waals surface area contributed by atoms with E-state index in [9.17, 15) is 4.79 Å². The molecule has 4 heteroatoms. The largest absolute Gasteiger partial charge is 0.493 e. The molecule has 0 spiro atoms. The van der Waals surface area contributed by atoms with E-state index in [1.807, 2.05) is 24.3 Å². The zero-order valence-corrected chi connectivity index (χ0v) is 10.6. The van der Waals surface area contributed by atoms with Gasteiger partial charge in [-0.05, 0) is 12.5 Å². The predicted octanol–water partition coefficient (Wildman–Crippen LogP) is 3.04. The van der Waals surface area contributed by atoms with Gasteiger partial charge in [-0.2, -0.15) is 0 Å². The predicted molar refractivity (Wildman–Crippen MR) is 68.7 cm³/mol. The third-order valence-electron chi connectivity index (χ3n) is 2.98. The molecule has 1 N–H and O–H groups in total. The maximum atomic E-state index is 11.6. The Labute approximate surface area is 107 Å². The van der Waals surface area contributed by atoms with Crippen molar-refractivity contribution in [3.8, 4) is 5.75 Å². The third-order valence-corrected chi connectivity index (χ3v) is 2.98. The number of carbonyl (C=O) groups excluding carboxylic acids is 1. The smallest absolute Gasteiger partial charge is 0.407 e. The van der Waals surface area contributed by atoms with Crippen molar-refractivity contribution in [2.24, 2.45) is 0 Å². The minimum atomic E-state index is -0.342. The number of fused-ring (bicyclic) bond motifs is 1. The number of rotatable bonds is 4. The molecule has 0 bridgehead atoms. The summed E-state index contributed by atoms with van der Waals surface area (Å²) >= 11 is 0. The topological polar surface area (TPSA) is 47.6 Å². The molecule has 0 aliphatic carbocycles. The average Bonchev–Trinajstić information content (AvgIpc) is 2.39. The summed E-state index contributed by atoms with van der Waals surface area (Å²) in [7, 11) is 0. The van der Waals surface area contributed by atoms with Gasteiger partial charge in [0.25, 0.3) is 0 Å². The third kappa shape index (κ3) is 3.15. The lowest BCUT2D eigenvalue weighted by Gasteiger charge is -2.26. The first-order valence-corrected chi connectivity index (χ1v) is 6.46. The van der Waals surface area contributed by atoms with Gasteiger partial charge < -0.3 is 14.8 Å². The van der Waals surface area contributed by atoms with Gasteiger partial charge in [-0.3, -0.25) is 0 Å². The highest BCUT2D eigenvalue weighted by atomic mass is 16.5. The van der Waals surface area contributed by atoms with E-state index in [0.29, 0.717) is 13.2 Å². The Morgan fingerprint density at radius 2 is 2.33 bits per heavy atom.